The van der Waals surface area contributed by atoms with Crippen molar-refractivity contribution in [2.45, 2.75) is 13.0 Å². The maximum absolute atomic E-state index is 11.2. The molecule has 0 radical (unpaired) electrons. The first-order valence-electron chi connectivity index (χ1n) is 4.89. The van der Waals surface area contributed by atoms with Crippen LogP contribution in [0.25, 0.3) is 0 Å². The van der Waals surface area contributed by atoms with E-state index in [4.69, 9.17) is 17.3 Å². The lowest BCUT2D eigenvalue weighted by molar-refractivity contribution is 0.592. The normalized spacial score (nSPS) is 13.4. The van der Waals surface area contributed by atoms with Crippen molar-refractivity contribution in [3.8, 4) is 0 Å². The number of halogens is 1. The molecule has 0 aliphatic rings. The van der Waals surface area contributed by atoms with Crippen molar-refractivity contribution in [1.82, 2.24) is 9.97 Å². The van der Waals surface area contributed by atoms with Crippen LogP contribution >= 0.6 is 11.6 Å². The van der Waals surface area contributed by atoms with E-state index >= 15 is 0 Å². The minimum atomic E-state index is -3.05. The van der Waals surface area contributed by atoms with Gasteiger partial charge in [-0.25, -0.2) is 13.4 Å². The minimum Gasteiger partial charge on any atom is -0.368 e. The number of hydrogen-bond donors (Lipinski definition) is 1. The maximum Gasteiger partial charge on any atom is 0.223 e. The van der Waals surface area contributed by atoms with Crippen molar-refractivity contribution >= 4 is 33.2 Å². The number of nitrogen functional groups attached to an aromatic ring is 1. The summed E-state index contributed by atoms with van der Waals surface area (Å²) in [6, 6.07) is 1.31. The molecule has 1 rings (SSSR count). The van der Waals surface area contributed by atoms with Gasteiger partial charge in [-0.1, -0.05) is 11.6 Å². The Balaban J connectivity index is 2.92. The highest BCUT2D eigenvalue weighted by Gasteiger charge is 2.17. The standard InChI is InChI=1S/C9H15ClN4O2S/c1-6(5-17(3,15)16)14(2)8-4-7(10)12-9(11)13-8/h4,6H,5H2,1-3H3,(H2,11,12,13). The molecule has 1 atom stereocenters. The molecule has 17 heavy (non-hydrogen) atoms. The molecular formula is C9H15ClN4O2S. The Kier molecular flexibility index (Phi) is 4.16. The maximum atomic E-state index is 11.2. The fourth-order valence-corrected chi connectivity index (χ4v) is 2.66. The lowest BCUT2D eigenvalue weighted by Gasteiger charge is -2.25. The first-order valence-corrected chi connectivity index (χ1v) is 7.33. The van der Waals surface area contributed by atoms with E-state index < -0.39 is 9.84 Å². The Morgan fingerprint density at radius 1 is 1.53 bits per heavy atom. The van der Waals surface area contributed by atoms with Gasteiger partial charge >= 0.3 is 0 Å². The molecule has 0 saturated heterocycles. The highest BCUT2D eigenvalue weighted by atomic mass is 35.5. The van der Waals surface area contributed by atoms with Gasteiger partial charge in [0.25, 0.3) is 0 Å². The van der Waals surface area contributed by atoms with Crippen LogP contribution in [0.15, 0.2) is 6.07 Å². The molecule has 8 heteroatoms. The molecule has 0 bridgehead atoms. The summed E-state index contributed by atoms with van der Waals surface area (Å²) in [5.41, 5.74) is 5.47. The zero-order valence-electron chi connectivity index (χ0n) is 9.88. The van der Waals surface area contributed by atoms with Gasteiger partial charge in [0.2, 0.25) is 5.95 Å². The smallest absolute Gasteiger partial charge is 0.223 e. The molecule has 0 fully saturated rings. The molecule has 0 aliphatic heterocycles. The lowest BCUT2D eigenvalue weighted by atomic mass is 10.3. The molecule has 0 saturated carbocycles. The van der Waals surface area contributed by atoms with Gasteiger partial charge in [0, 0.05) is 25.4 Å². The molecule has 96 valence electrons. The fourth-order valence-electron chi connectivity index (χ4n) is 1.38. The van der Waals surface area contributed by atoms with Gasteiger partial charge in [-0.2, -0.15) is 4.98 Å². The van der Waals surface area contributed by atoms with Crippen LogP contribution in [0.3, 0.4) is 0 Å². The van der Waals surface area contributed by atoms with Gasteiger partial charge in [-0.05, 0) is 6.92 Å². The largest absolute Gasteiger partial charge is 0.368 e. The van der Waals surface area contributed by atoms with E-state index in [0.717, 1.165) is 0 Å². The van der Waals surface area contributed by atoms with Crippen LogP contribution in [0.1, 0.15) is 6.92 Å². The van der Waals surface area contributed by atoms with Gasteiger partial charge < -0.3 is 10.6 Å². The number of hydrogen-bond acceptors (Lipinski definition) is 6. The number of sulfone groups is 1. The Morgan fingerprint density at radius 2 is 2.12 bits per heavy atom. The number of aromatic nitrogens is 2. The predicted octanol–water partition coefficient (Wildman–Crippen LogP) is 0.582. The molecular weight excluding hydrogens is 264 g/mol. The number of nitrogens with zero attached hydrogens (tertiary/aromatic N) is 3. The summed E-state index contributed by atoms with van der Waals surface area (Å²) in [7, 11) is -1.32. The lowest BCUT2D eigenvalue weighted by Crippen LogP contribution is -2.35. The highest BCUT2D eigenvalue weighted by molar-refractivity contribution is 7.90. The minimum absolute atomic E-state index is 0.0328. The summed E-state index contributed by atoms with van der Waals surface area (Å²) >= 11 is 5.76. The van der Waals surface area contributed by atoms with E-state index in [-0.39, 0.29) is 22.9 Å². The molecule has 0 spiro atoms. The second-order valence-electron chi connectivity index (χ2n) is 3.96. The Morgan fingerprint density at radius 3 is 2.59 bits per heavy atom. The molecule has 1 aromatic heterocycles. The Labute approximate surface area is 106 Å². The first-order chi connectivity index (χ1) is 7.69. The van der Waals surface area contributed by atoms with Crippen molar-refractivity contribution in [1.29, 1.82) is 0 Å². The molecule has 1 unspecified atom stereocenters. The van der Waals surface area contributed by atoms with E-state index in [1.807, 2.05) is 0 Å². The molecule has 0 aromatic carbocycles. The SMILES string of the molecule is CC(CS(C)(=O)=O)N(C)c1cc(Cl)nc(N)n1. The van der Waals surface area contributed by atoms with Crippen LogP contribution in [-0.4, -0.2) is 43.5 Å². The molecule has 1 heterocycles. The third-order valence-electron chi connectivity index (χ3n) is 2.27. The average Bonchev–Trinajstić information content (AvgIpc) is 2.12. The van der Waals surface area contributed by atoms with E-state index in [9.17, 15) is 8.42 Å². The topological polar surface area (TPSA) is 89.2 Å². The summed E-state index contributed by atoms with van der Waals surface area (Å²) < 4.78 is 22.4. The van der Waals surface area contributed by atoms with Crippen molar-refractivity contribution in [2.75, 3.05) is 29.7 Å². The third kappa shape index (κ3) is 4.35. The summed E-state index contributed by atoms with van der Waals surface area (Å²) in [5.74, 6) is 0.593. The molecule has 0 aliphatic carbocycles. The molecule has 1 aromatic rings. The monoisotopic (exact) mass is 278 g/mol. The second kappa shape index (κ2) is 5.05. The van der Waals surface area contributed by atoms with Gasteiger partial charge in [-0.3, -0.25) is 0 Å². The fraction of sp³-hybridized carbons (Fsp3) is 0.556. The van der Waals surface area contributed by atoms with Crippen LogP contribution < -0.4 is 10.6 Å². The van der Waals surface area contributed by atoms with Gasteiger partial charge in [-0.15, -0.1) is 0 Å². The van der Waals surface area contributed by atoms with Crippen molar-refractivity contribution in [3.05, 3.63) is 11.2 Å². The van der Waals surface area contributed by atoms with Crippen molar-refractivity contribution in [2.24, 2.45) is 0 Å². The van der Waals surface area contributed by atoms with Gasteiger partial charge in [0.05, 0.1) is 5.75 Å². The molecule has 6 nitrogen and oxygen atoms in total. The van der Waals surface area contributed by atoms with E-state index in [1.165, 1.54) is 12.3 Å². The van der Waals surface area contributed by atoms with Crippen LogP contribution in [0, 0.1) is 0 Å². The molecule has 0 amide bonds. The summed E-state index contributed by atoms with van der Waals surface area (Å²) in [6.07, 6.45) is 1.19. The predicted molar refractivity (Wildman–Crippen MR) is 69.0 cm³/mol. The van der Waals surface area contributed by atoms with Gasteiger partial charge in [0.15, 0.2) is 0 Å². The number of anilines is 2. The number of rotatable bonds is 4. The van der Waals surface area contributed by atoms with Crippen LogP contribution in [0.5, 0.6) is 0 Å². The van der Waals surface area contributed by atoms with Crippen LogP contribution in [-0.2, 0) is 9.84 Å². The Hall–Kier alpha value is -1.08. The molecule has 2 N–H and O–H groups in total. The zero-order chi connectivity index (χ0) is 13.2. The third-order valence-corrected chi connectivity index (χ3v) is 3.55. The quantitative estimate of drug-likeness (QED) is 0.811. The van der Waals surface area contributed by atoms with E-state index in [2.05, 4.69) is 9.97 Å². The van der Waals surface area contributed by atoms with Crippen molar-refractivity contribution < 1.29 is 8.42 Å². The van der Waals surface area contributed by atoms with Crippen LogP contribution in [0.4, 0.5) is 11.8 Å². The zero-order valence-corrected chi connectivity index (χ0v) is 11.5. The van der Waals surface area contributed by atoms with Gasteiger partial charge in [0.1, 0.15) is 20.8 Å². The van der Waals surface area contributed by atoms with E-state index in [1.54, 1.807) is 18.9 Å². The Bertz CT molecular complexity index is 485. The summed E-state index contributed by atoms with van der Waals surface area (Å²) in [4.78, 5) is 9.44. The van der Waals surface area contributed by atoms with Crippen LogP contribution in [0.2, 0.25) is 5.15 Å². The second-order valence-corrected chi connectivity index (χ2v) is 6.53. The highest BCUT2D eigenvalue weighted by Crippen LogP contribution is 2.18. The number of nitrogens with two attached hydrogens (primary N) is 1. The first kappa shape index (κ1) is 14.0. The summed E-state index contributed by atoms with van der Waals surface area (Å²) in [5, 5.41) is 0.228. The average molecular weight is 279 g/mol. The van der Waals surface area contributed by atoms with E-state index in [0.29, 0.717) is 5.82 Å². The summed E-state index contributed by atoms with van der Waals surface area (Å²) in [6.45, 7) is 1.78. The van der Waals surface area contributed by atoms with Crippen molar-refractivity contribution in [3.63, 3.8) is 0 Å².